The van der Waals surface area contributed by atoms with E-state index in [1.54, 1.807) is 36.4 Å². The first-order chi connectivity index (χ1) is 15.4. The van der Waals surface area contributed by atoms with Crippen LogP contribution in [0, 0.1) is 0 Å². The van der Waals surface area contributed by atoms with Crippen molar-refractivity contribution >= 4 is 50.2 Å². The highest BCUT2D eigenvalue weighted by Crippen LogP contribution is 2.33. The van der Waals surface area contributed by atoms with Gasteiger partial charge in [0.2, 0.25) is 5.75 Å². The van der Waals surface area contributed by atoms with Crippen LogP contribution >= 0.6 is 22.9 Å². The third kappa shape index (κ3) is 4.79. The van der Waals surface area contributed by atoms with Gasteiger partial charge in [-0.05, 0) is 30.3 Å². The van der Waals surface area contributed by atoms with E-state index in [9.17, 15) is 9.59 Å². The molecule has 4 aromatic rings. The Balaban J connectivity index is 1.57. The minimum atomic E-state index is -0.599. The van der Waals surface area contributed by atoms with Gasteiger partial charge in [0.05, 0.1) is 17.3 Å². The Labute approximate surface area is 191 Å². The maximum Gasteiger partial charge on any atom is 0.308 e. The first-order valence-electron chi connectivity index (χ1n) is 9.29. The largest absolute Gasteiger partial charge is 0.493 e. The number of aromatic nitrogens is 2. The Hall–Kier alpha value is -3.69. The monoisotopic (exact) mass is 469 g/mol. The number of nitrogens with zero attached hydrogens (tertiary/aromatic N) is 2. The molecule has 32 heavy (non-hydrogen) atoms. The van der Waals surface area contributed by atoms with E-state index in [0.29, 0.717) is 27.2 Å². The molecule has 0 radical (unpaired) electrons. The number of hydrogen-bond acceptors (Lipinski definition) is 8. The van der Waals surface area contributed by atoms with Gasteiger partial charge in [-0.3, -0.25) is 14.9 Å². The fraction of sp³-hybridized carbons (Fsp3) is 0.0909. The Morgan fingerprint density at radius 1 is 1.09 bits per heavy atom. The highest BCUT2D eigenvalue weighted by Gasteiger charge is 2.21. The van der Waals surface area contributed by atoms with Crippen LogP contribution in [0.15, 0.2) is 54.7 Å². The molecule has 1 N–H and O–H groups in total. The van der Waals surface area contributed by atoms with Crippen molar-refractivity contribution in [1.82, 2.24) is 9.97 Å². The lowest BCUT2D eigenvalue weighted by molar-refractivity contribution is -0.132. The molecule has 0 aliphatic carbocycles. The number of pyridine rings is 1. The minimum absolute atomic E-state index is 0.0571. The standard InChI is InChI=1S/C22H16ClN3O5S/c1-12(27)30-20-17(29-2)8-9-24-19(20)21(28)26-22-25-16-7-6-15(11-18(16)32-22)31-14-5-3-4-13(23)10-14/h3-11H,1-2H3,(H,25,26,28). The van der Waals surface area contributed by atoms with Gasteiger partial charge in [-0.25, -0.2) is 9.97 Å². The van der Waals surface area contributed by atoms with Gasteiger partial charge in [0, 0.05) is 30.3 Å². The lowest BCUT2D eigenvalue weighted by Crippen LogP contribution is -2.17. The molecule has 0 aliphatic rings. The highest BCUT2D eigenvalue weighted by molar-refractivity contribution is 7.22. The lowest BCUT2D eigenvalue weighted by atomic mass is 10.3. The van der Waals surface area contributed by atoms with Gasteiger partial charge in [0.25, 0.3) is 5.91 Å². The number of amides is 1. The Morgan fingerprint density at radius 2 is 1.91 bits per heavy atom. The summed E-state index contributed by atoms with van der Waals surface area (Å²) in [5.74, 6) is 0.183. The number of carbonyl (C=O) groups is 2. The highest BCUT2D eigenvalue weighted by atomic mass is 35.5. The van der Waals surface area contributed by atoms with Gasteiger partial charge < -0.3 is 14.2 Å². The van der Waals surface area contributed by atoms with E-state index in [4.69, 9.17) is 25.8 Å². The summed E-state index contributed by atoms with van der Waals surface area (Å²) in [6, 6.07) is 14.0. The van der Waals surface area contributed by atoms with Crippen LogP contribution in [0.2, 0.25) is 5.02 Å². The number of rotatable bonds is 6. The molecule has 0 atom stereocenters. The quantitative estimate of drug-likeness (QED) is 0.381. The number of thiazole rings is 1. The average Bonchev–Trinajstić information content (AvgIpc) is 3.15. The molecule has 0 unspecified atom stereocenters. The first-order valence-corrected chi connectivity index (χ1v) is 10.5. The molecular weight excluding hydrogens is 454 g/mol. The zero-order valence-electron chi connectivity index (χ0n) is 16.9. The van der Waals surface area contributed by atoms with Crippen molar-refractivity contribution in [3.05, 3.63) is 65.4 Å². The van der Waals surface area contributed by atoms with E-state index in [1.165, 1.54) is 37.6 Å². The molecule has 2 aromatic heterocycles. The molecule has 4 rings (SSSR count). The SMILES string of the molecule is COc1ccnc(C(=O)Nc2nc3ccc(Oc4cccc(Cl)c4)cc3s2)c1OC(C)=O. The van der Waals surface area contributed by atoms with Crippen LogP contribution < -0.4 is 19.5 Å². The van der Waals surface area contributed by atoms with Crippen LogP contribution in [-0.2, 0) is 4.79 Å². The number of hydrogen-bond donors (Lipinski definition) is 1. The summed E-state index contributed by atoms with van der Waals surface area (Å²) >= 11 is 7.26. The molecule has 2 aromatic carbocycles. The average molecular weight is 470 g/mol. The van der Waals surface area contributed by atoms with E-state index in [-0.39, 0.29) is 17.2 Å². The van der Waals surface area contributed by atoms with Crippen molar-refractivity contribution < 1.29 is 23.8 Å². The molecule has 162 valence electrons. The van der Waals surface area contributed by atoms with Crippen molar-refractivity contribution in [2.75, 3.05) is 12.4 Å². The van der Waals surface area contributed by atoms with Gasteiger partial charge in [-0.2, -0.15) is 0 Å². The summed E-state index contributed by atoms with van der Waals surface area (Å²) < 4.78 is 17.0. The van der Waals surface area contributed by atoms with Crippen molar-refractivity contribution in [3.8, 4) is 23.0 Å². The number of halogens is 1. The van der Waals surface area contributed by atoms with E-state index in [2.05, 4.69) is 15.3 Å². The number of benzene rings is 2. The van der Waals surface area contributed by atoms with Crippen molar-refractivity contribution in [2.45, 2.75) is 6.92 Å². The Bertz CT molecular complexity index is 1320. The molecule has 10 heteroatoms. The molecule has 1 amide bonds. The second-order valence-corrected chi connectivity index (χ2v) is 7.91. The van der Waals surface area contributed by atoms with Gasteiger partial charge in [-0.1, -0.05) is 29.0 Å². The molecule has 0 saturated heterocycles. The summed E-state index contributed by atoms with van der Waals surface area (Å²) in [5, 5.41) is 3.62. The van der Waals surface area contributed by atoms with Crippen LogP contribution in [0.5, 0.6) is 23.0 Å². The summed E-state index contributed by atoms with van der Waals surface area (Å²) in [5.41, 5.74) is 0.589. The van der Waals surface area contributed by atoms with Crippen LogP contribution in [0.25, 0.3) is 10.2 Å². The Kier molecular flexibility index (Phi) is 6.20. The summed E-state index contributed by atoms with van der Waals surface area (Å²) in [7, 11) is 1.40. The fourth-order valence-corrected chi connectivity index (χ4v) is 3.91. The summed E-state index contributed by atoms with van der Waals surface area (Å²) in [4.78, 5) is 32.7. The lowest BCUT2D eigenvalue weighted by Gasteiger charge is -2.11. The molecule has 0 spiro atoms. The predicted molar refractivity (Wildman–Crippen MR) is 121 cm³/mol. The molecule has 8 nitrogen and oxygen atoms in total. The van der Waals surface area contributed by atoms with Crippen molar-refractivity contribution in [2.24, 2.45) is 0 Å². The third-order valence-corrected chi connectivity index (χ3v) is 5.33. The molecular formula is C22H16ClN3O5S. The zero-order valence-corrected chi connectivity index (χ0v) is 18.5. The van der Waals surface area contributed by atoms with Crippen molar-refractivity contribution in [3.63, 3.8) is 0 Å². The number of anilines is 1. The second kappa shape index (κ2) is 9.21. The third-order valence-electron chi connectivity index (χ3n) is 4.16. The zero-order chi connectivity index (χ0) is 22.7. The van der Waals surface area contributed by atoms with Crippen LogP contribution in [0.1, 0.15) is 17.4 Å². The van der Waals surface area contributed by atoms with Crippen LogP contribution in [-0.4, -0.2) is 29.0 Å². The molecule has 0 bridgehead atoms. The normalized spacial score (nSPS) is 10.6. The number of fused-ring (bicyclic) bond motifs is 1. The van der Waals surface area contributed by atoms with Crippen LogP contribution in [0.3, 0.4) is 0 Å². The van der Waals surface area contributed by atoms with E-state index < -0.39 is 11.9 Å². The number of carbonyl (C=O) groups excluding carboxylic acids is 2. The van der Waals surface area contributed by atoms with Crippen LogP contribution in [0.4, 0.5) is 5.13 Å². The number of esters is 1. The molecule has 0 aliphatic heterocycles. The smallest absolute Gasteiger partial charge is 0.308 e. The summed E-state index contributed by atoms with van der Waals surface area (Å²) in [6.45, 7) is 1.23. The Morgan fingerprint density at radius 3 is 2.66 bits per heavy atom. The van der Waals surface area contributed by atoms with Crippen molar-refractivity contribution in [1.29, 1.82) is 0 Å². The predicted octanol–water partition coefficient (Wildman–Crippen LogP) is 5.32. The van der Waals surface area contributed by atoms with Gasteiger partial charge in [0.15, 0.2) is 16.6 Å². The van der Waals surface area contributed by atoms with Gasteiger partial charge >= 0.3 is 5.97 Å². The first kappa shape index (κ1) is 21.5. The fourth-order valence-electron chi connectivity index (χ4n) is 2.84. The minimum Gasteiger partial charge on any atom is -0.493 e. The molecule has 2 heterocycles. The number of nitrogens with one attached hydrogen (secondary N) is 1. The summed E-state index contributed by atoms with van der Waals surface area (Å²) in [6.07, 6.45) is 1.39. The van der Waals surface area contributed by atoms with E-state index in [0.717, 1.165) is 4.70 Å². The van der Waals surface area contributed by atoms with Gasteiger partial charge in [-0.15, -0.1) is 0 Å². The van der Waals surface area contributed by atoms with Gasteiger partial charge in [0.1, 0.15) is 11.5 Å². The van der Waals surface area contributed by atoms with E-state index >= 15 is 0 Å². The maximum atomic E-state index is 12.8. The second-order valence-electron chi connectivity index (χ2n) is 6.45. The molecule has 0 fully saturated rings. The number of ether oxygens (including phenoxy) is 3. The maximum absolute atomic E-state index is 12.8. The molecule has 0 saturated carbocycles. The van der Waals surface area contributed by atoms with E-state index in [1.807, 2.05) is 6.07 Å². The topological polar surface area (TPSA) is 99.6 Å². The number of methoxy groups -OCH3 is 1.